The number of aromatic nitrogens is 1. The summed E-state index contributed by atoms with van der Waals surface area (Å²) in [7, 11) is 0. The highest BCUT2D eigenvalue weighted by molar-refractivity contribution is 6.30. The second-order valence-electron chi connectivity index (χ2n) is 3.22. The summed E-state index contributed by atoms with van der Waals surface area (Å²) in [5, 5.41) is 0.725. The SMILES string of the molecule is C=C(c1ccncc1)c1cccc(Cl)c1. The number of halogens is 1. The molecule has 2 aromatic rings. The van der Waals surface area contributed by atoms with Gasteiger partial charge in [0.1, 0.15) is 0 Å². The maximum absolute atomic E-state index is 5.92. The summed E-state index contributed by atoms with van der Waals surface area (Å²) in [5.41, 5.74) is 3.06. The highest BCUT2D eigenvalue weighted by Gasteiger charge is 2.01. The topological polar surface area (TPSA) is 12.9 Å². The Bertz CT molecular complexity index is 477. The number of nitrogens with zero attached hydrogens (tertiary/aromatic N) is 1. The van der Waals surface area contributed by atoms with Gasteiger partial charge in [-0.15, -0.1) is 0 Å². The van der Waals surface area contributed by atoms with Crippen LogP contribution in [0.1, 0.15) is 11.1 Å². The first-order chi connectivity index (χ1) is 7.27. The molecule has 0 radical (unpaired) electrons. The lowest BCUT2D eigenvalue weighted by atomic mass is 10.0. The molecule has 0 saturated carbocycles. The lowest BCUT2D eigenvalue weighted by molar-refractivity contribution is 1.32. The lowest BCUT2D eigenvalue weighted by Gasteiger charge is -2.05. The zero-order valence-electron chi connectivity index (χ0n) is 8.15. The Balaban J connectivity index is 2.37. The van der Waals surface area contributed by atoms with Gasteiger partial charge >= 0.3 is 0 Å². The molecule has 1 nitrogen and oxygen atoms in total. The molecule has 0 aliphatic rings. The van der Waals surface area contributed by atoms with Crippen molar-refractivity contribution < 1.29 is 0 Å². The first-order valence-corrected chi connectivity index (χ1v) is 5.00. The predicted molar refractivity (Wildman–Crippen MR) is 63.8 cm³/mol. The van der Waals surface area contributed by atoms with E-state index in [-0.39, 0.29) is 0 Å². The zero-order chi connectivity index (χ0) is 10.7. The van der Waals surface area contributed by atoms with Crippen LogP contribution in [0.3, 0.4) is 0 Å². The Labute approximate surface area is 94.1 Å². The van der Waals surface area contributed by atoms with E-state index in [2.05, 4.69) is 11.6 Å². The fourth-order valence-corrected chi connectivity index (χ4v) is 1.59. The van der Waals surface area contributed by atoms with Gasteiger partial charge in [0.25, 0.3) is 0 Å². The number of rotatable bonds is 2. The van der Waals surface area contributed by atoms with E-state index < -0.39 is 0 Å². The highest BCUT2D eigenvalue weighted by Crippen LogP contribution is 2.23. The van der Waals surface area contributed by atoms with Gasteiger partial charge in [0.15, 0.2) is 0 Å². The van der Waals surface area contributed by atoms with Crippen LogP contribution in [0.5, 0.6) is 0 Å². The van der Waals surface area contributed by atoms with Gasteiger partial charge in [-0.2, -0.15) is 0 Å². The number of hydrogen-bond acceptors (Lipinski definition) is 1. The molecule has 74 valence electrons. The Kier molecular flexibility index (Phi) is 2.84. The molecule has 0 spiro atoms. The zero-order valence-corrected chi connectivity index (χ0v) is 8.91. The second kappa shape index (κ2) is 4.28. The van der Waals surface area contributed by atoms with Crippen LogP contribution >= 0.6 is 11.6 Å². The molecule has 0 N–H and O–H groups in total. The summed E-state index contributed by atoms with van der Waals surface area (Å²) in [6.07, 6.45) is 3.51. The van der Waals surface area contributed by atoms with Crippen LogP contribution in [0.4, 0.5) is 0 Å². The molecule has 0 amide bonds. The van der Waals surface area contributed by atoms with Crippen molar-refractivity contribution in [3.63, 3.8) is 0 Å². The van der Waals surface area contributed by atoms with Crippen molar-refractivity contribution >= 4 is 17.2 Å². The maximum atomic E-state index is 5.92. The Morgan fingerprint density at radius 1 is 1.07 bits per heavy atom. The van der Waals surface area contributed by atoms with E-state index in [9.17, 15) is 0 Å². The molecular formula is C13H10ClN. The van der Waals surface area contributed by atoms with Gasteiger partial charge in [-0.25, -0.2) is 0 Å². The van der Waals surface area contributed by atoms with Gasteiger partial charge in [0.2, 0.25) is 0 Å². The summed E-state index contributed by atoms with van der Waals surface area (Å²) >= 11 is 5.92. The van der Waals surface area contributed by atoms with Crippen LogP contribution in [0.15, 0.2) is 55.4 Å². The van der Waals surface area contributed by atoms with E-state index in [1.807, 2.05) is 36.4 Å². The van der Waals surface area contributed by atoms with Crippen molar-refractivity contribution in [1.82, 2.24) is 4.98 Å². The first-order valence-electron chi connectivity index (χ1n) is 4.62. The standard InChI is InChI=1S/C13H10ClN/c1-10(11-5-7-15-8-6-11)12-3-2-4-13(14)9-12/h2-9H,1H2. The summed E-state index contributed by atoms with van der Waals surface area (Å²) in [5.74, 6) is 0. The van der Waals surface area contributed by atoms with Crippen molar-refractivity contribution in [1.29, 1.82) is 0 Å². The van der Waals surface area contributed by atoms with Crippen molar-refractivity contribution in [2.24, 2.45) is 0 Å². The molecule has 1 aromatic heterocycles. The van der Waals surface area contributed by atoms with Crippen molar-refractivity contribution in [3.05, 3.63) is 71.5 Å². The molecule has 0 aliphatic heterocycles. The van der Waals surface area contributed by atoms with E-state index in [1.54, 1.807) is 12.4 Å². The van der Waals surface area contributed by atoms with Crippen LogP contribution in [0, 0.1) is 0 Å². The maximum Gasteiger partial charge on any atom is 0.0412 e. The van der Waals surface area contributed by atoms with Gasteiger partial charge < -0.3 is 0 Å². The largest absolute Gasteiger partial charge is 0.265 e. The van der Waals surface area contributed by atoms with Gasteiger partial charge in [0, 0.05) is 17.4 Å². The normalized spacial score (nSPS) is 9.93. The number of benzene rings is 1. The van der Waals surface area contributed by atoms with E-state index >= 15 is 0 Å². The number of pyridine rings is 1. The third-order valence-electron chi connectivity index (χ3n) is 2.20. The third kappa shape index (κ3) is 2.25. The van der Waals surface area contributed by atoms with Gasteiger partial charge in [-0.05, 0) is 41.0 Å². The average Bonchev–Trinajstić information content (AvgIpc) is 2.29. The van der Waals surface area contributed by atoms with Crippen molar-refractivity contribution in [2.75, 3.05) is 0 Å². The van der Waals surface area contributed by atoms with Gasteiger partial charge in [-0.3, -0.25) is 4.98 Å². The summed E-state index contributed by atoms with van der Waals surface area (Å²) in [6, 6.07) is 11.5. The van der Waals surface area contributed by atoms with Crippen LogP contribution in [0.2, 0.25) is 5.02 Å². The molecule has 15 heavy (non-hydrogen) atoms. The average molecular weight is 216 g/mol. The minimum atomic E-state index is 0.725. The van der Waals surface area contributed by atoms with Gasteiger partial charge in [0.05, 0.1) is 0 Å². The summed E-state index contributed by atoms with van der Waals surface area (Å²) in [4.78, 5) is 3.97. The summed E-state index contributed by atoms with van der Waals surface area (Å²) in [6.45, 7) is 4.05. The molecular weight excluding hydrogens is 206 g/mol. The van der Waals surface area contributed by atoms with Gasteiger partial charge in [-0.1, -0.05) is 30.3 Å². The van der Waals surface area contributed by atoms with Crippen LogP contribution in [-0.4, -0.2) is 4.98 Å². The second-order valence-corrected chi connectivity index (χ2v) is 3.66. The molecule has 0 saturated heterocycles. The van der Waals surface area contributed by atoms with E-state index in [1.165, 1.54) is 0 Å². The molecule has 0 bridgehead atoms. The fourth-order valence-electron chi connectivity index (χ4n) is 1.40. The monoisotopic (exact) mass is 215 g/mol. The molecule has 2 rings (SSSR count). The van der Waals surface area contributed by atoms with Crippen molar-refractivity contribution in [2.45, 2.75) is 0 Å². The molecule has 1 heterocycles. The Morgan fingerprint density at radius 2 is 1.80 bits per heavy atom. The molecule has 0 fully saturated rings. The quantitative estimate of drug-likeness (QED) is 0.743. The molecule has 0 unspecified atom stereocenters. The van der Waals surface area contributed by atoms with Crippen LogP contribution < -0.4 is 0 Å². The minimum Gasteiger partial charge on any atom is -0.265 e. The van der Waals surface area contributed by atoms with Crippen molar-refractivity contribution in [3.8, 4) is 0 Å². The third-order valence-corrected chi connectivity index (χ3v) is 2.44. The molecule has 1 aromatic carbocycles. The van der Waals surface area contributed by atoms with E-state index in [0.717, 1.165) is 21.7 Å². The smallest absolute Gasteiger partial charge is 0.0412 e. The highest BCUT2D eigenvalue weighted by atomic mass is 35.5. The molecule has 0 aliphatic carbocycles. The predicted octanol–water partition coefficient (Wildman–Crippen LogP) is 3.80. The molecule has 0 atom stereocenters. The number of hydrogen-bond donors (Lipinski definition) is 0. The van der Waals surface area contributed by atoms with E-state index in [0.29, 0.717) is 0 Å². The minimum absolute atomic E-state index is 0.725. The lowest BCUT2D eigenvalue weighted by Crippen LogP contribution is -1.86. The first kappa shape index (κ1) is 9.94. The Hall–Kier alpha value is -1.60. The fraction of sp³-hybridized carbons (Fsp3) is 0. The van der Waals surface area contributed by atoms with Crippen LogP contribution in [-0.2, 0) is 0 Å². The van der Waals surface area contributed by atoms with E-state index in [4.69, 9.17) is 11.6 Å². The van der Waals surface area contributed by atoms with Crippen LogP contribution in [0.25, 0.3) is 5.57 Å². The Morgan fingerprint density at radius 3 is 2.47 bits per heavy atom. The summed E-state index contributed by atoms with van der Waals surface area (Å²) < 4.78 is 0. The molecule has 2 heteroatoms.